The van der Waals surface area contributed by atoms with E-state index < -0.39 is 0 Å². The number of carbonyl (C=O) groups excluding carboxylic acids is 1. The summed E-state index contributed by atoms with van der Waals surface area (Å²) >= 11 is 0. The van der Waals surface area contributed by atoms with E-state index in [9.17, 15) is 9.90 Å². The van der Waals surface area contributed by atoms with Gasteiger partial charge in [-0.2, -0.15) is 5.26 Å². The smallest absolute Gasteiger partial charge is 0.229 e. The molecule has 3 aromatic rings. The molecule has 2 N–H and O–H groups in total. The van der Waals surface area contributed by atoms with Crippen LogP contribution in [-0.4, -0.2) is 63.1 Å². The predicted molar refractivity (Wildman–Crippen MR) is 142 cm³/mol. The Morgan fingerprint density at radius 3 is 2.65 bits per heavy atom. The summed E-state index contributed by atoms with van der Waals surface area (Å²) in [4.78, 5) is 30.3. The Balaban J connectivity index is 1.12. The van der Waals surface area contributed by atoms with Gasteiger partial charge in [0.05, 0.1) is 40.9 Å². The maximum Gasteiger partial charge on any atom is 0.229 e. The van der Waals surface area contributed by atoms with Crippen molar-refractivity contribution in [3.8, 4) is 6.07 Å². The normalized spacial score (nSPS) is 20.8. The van der Waals surface area contributed by atoms with Crippen molar-refractivity contribution in [2.24, 2.45) is 5.92 Å². The van der Waals surface area contributed by atoms with E-state index in [0.717, 1.165) is 59.8 Å². The molecule has 8 heteroatoms. The van der Waals surface area contributed by atoms with Gasteiger partial charge in [0.2, 0.25) is 5.91 Å². The number of aromatic nitrogens is 3. The van der Waals surface area contributed by atoms with Crippen LogP contribution in [0.5, 0.6) is 0 Å². The van der Waals surface area contributed by atoms with Gasteiger partial charge < -0.3 is 19.9 Å². The number of aromatic amines is 1. The molecule has 0 saturated carbocycles. The number of hydrogen-bond acceptors (Lipinski definition) is 6. The minimum Gasteiger partial charge on any atom is -0.389 e. The van der Waals surface area contributed by atoms with Crippen LogP contribution in [0.4, 0.5) is 5.82 Å². The summed E-state index contributed by atoms with van der Waals surface area (Å²) in [5.74, 6) is 2.01. The van der Waals surface area contributed by atoms with E-state index in [4.69, 9.17) is 10.2 Å². The summed E-state index contributed by atoms with van der Waals surface area (Å²) in [5, 5.41) is 18.6. The average molecular weight is 495 g/mol. The molecule has 2 aromatic heterocycles. The van der Waals surface area contributed by atoms with Crippen molar-refractivity contribution in [2.75, 3.05) is 31.1 Å². The van der Waals surface area contributed by atoms with Crippen molar-refractivity contribution in [1.29, 1.82) is 5.26 Å². The Bertz CT molecular complexity index is 1430. The van der Waals surface area contributed by atoms with E-state index >= 15 is 0 Å². The molecule has 1 amide bonds. The first-order valence-corrected chi connectivity index (χ1v) is 12.9. The molecule has 2 saturated heterocycles. The molecule has 0 bridgehead atoms. The molecule has 4 heterocycles. The van der Waals surface area contributed by atoms with E-state index in [1.165, 1.54) is 5.56 Å². The number of rotatable bonds is 4. The van der Waals surface area contributed by atoms with E-state index in [0.29, 0.717) is 31.0 Å². The SMILES string of the molecule is CC1=C(c2nc3cc(N4CC(O)C4)ncc3[nH]2)CC(C(=O)N2CCC(c3ccc(C#N)cc3)CC2)C=C1. The van der Waals surface area contributed by atoms with Crippen molar-refractivity contribution in [3.63, 3.8) is 0 Å². The lowest BCUT2D eigenvalue weighted by Crippen LogP contribution is -2.51. The summed E-state index contributed by atoms with van der Waals surface area (Å²) in [6.07, 6.45) is 8.07. The molecule has 8 nitrogen and oxygen atoms in total. The number of likely N-dealkylation sites (tertiary alicyclic amines) is 1. The maximum absolute atomic E-state index is 13.5. The molecule has 0 spiro atoms. The minimum absolute atomic E-state index is 0.177. The van der Waals surface area contributed by atoms with Gasteiger partial charge in [-0.25, -0.2) is 9.97 Å². The van der Waals surface area contributed by atoms with Crippen LogP contribution in [0.15, 0.2) is 54.3 Å². The number of carbonyl (C=O) groups is 1. The highest BCUT2D eigenvalue weighted by molar-refractivity contribution is 5.87. The molecule has 3 aliphatic rings. The number of nitrogens with zero attached hydrogens (tertiary/aromatic N) is 5. The van der Waals surface area contributed by atoms with Crippen LogP contribution in [0.25, 0.3) is 16.6 Å². The number of aliphatic hydroxyl groups is 1. The summed E-state index contributed by atoms with van der Waals surface area (Å²) in [6.45, 7) is 4.75. The summed E-state index contributed by atoms with van der Waals surface area (Å²) in [6, 6.07) is 12.0. The van der Waals surface area contributed by atoms with E-state index in [1.54, 1.807) is 6.20 Å². The number of H-pyrrole nitrogens is 1. The van der Waals surface area contributed by atoms with Gasteiger partial charge in [-0.3, -0.25) is 4.79 Å². The standard InChI is InChI=1S/C29H30N6O2/c1-18-2-5-22(29(37)34-10-8-21(9-11-34)20-6-3-19(14-30)4-7-20)12-24(18)28-32-25-13-27(31-15-26(25)33-28)35-16-23(36)17-35/h2-7,13,15,21-23,36H,8-12,16-17H2,1H3,(H,32,33). The highest BCUT2D eigenvalue weighted by Gasteiger charge is 2.31. The lowest BCUT2D eigenvalue weighted by atomic mass is 9.86. The number of hydrogen-bond donors (Lipinski definition) is 2. The lowest BCUT2D eigenvalue weighted by Gasteiger charge is -2.36. The molecular weight excluding hydrogens is 464 g/mol. The van der Waals surface area contributed by atoms with Crippen LogP contribution in [0.2, 0.25) is 0 Å². The maximum atomic E-state index is 13.5. The third-order valence-corrected chi connectivity index (χ3v) is 7.94. The van der Waals surface area contributed by atoms with Gasteiger partial charge in [0.1, 0.15) is 11.6 Å². The monoisotopic (exact) mass is 494 g/mol. The molecule has 188 valence electrons. The second-order valence-electron chi connectivity index (χ2n) is 10.4. The van der Waals surface area contributed by atoms with Crippen molar-refractivity contribution in [3.05, 3.63) is 71.2 Å². The highest BCUT2D eigenvalue weighted by Crippen LogP contribution is 2.34. The van der Waals surface area contributed by atoms with Crippen LogP contribution in [0.1, 0.15) is 49.1 Å². The number of allylic oxidation sites excluding steroid dienone is 3. The van der Waals surface area contributed by atoms with Crippen LogP contribution in [-0.2, 0) is 4.79 Å². The summed E-state index contributed by atoms with van der Waals surface area (Å²) in [5.41, 5.74) is 5.80. The third kappa shape index (κ3) is 4.51. The van der Waals surface area contributed by atoms with E-state index in [2.05, 4.69) is 23.0 Å². The first kappa shape index (κ1) is 23.4. The number of nitrogens with one attached hydrogen (secondary N) is 1. The zero-order chi connectivity index (χ0) is 25.5. The molecule has 2 aliphatic heterocycles. The number of piperidine rings is 1. The molecule has 1 atom stereocenters. The van der Waals surface area contributed by atoms with Gasteiger partial charge in [-0.15, -0.1) is 0 Å². The van der Waals surface area contributed by atoms with Crippen molar-refractivity contribution in [2.45, 2.75) is 38.2 Å². The number of aliphatic hydroxyl groups excluding tert-OH is 1. The number of imidazole rings is 1. The second kappa shape index (κ2) is 9.49. The van der Waals surface area contributed by atoms with Crippen LogP contribution >= 0.6 is 0 Å². The van der Waals surface area contributed by atoms with Gasteiger partial charge in [-0.1, -0.05) is 24.3 Å². The van der Waals surface area contributed by atoms with Gasteiger partial charge in [0.25, 0.3) is 0 Å². The number of amides is 1. The number of benzene rings is 1. The zero-order valence-electron chi connectivity index (χ0n) is 20.9. The highest BCUT2D eigenvalue weighted by atomic mass is 16.3. The Hall–Kier alpha value is -3.96. The third-order valence-electron chi connectivity index (χ3n) is 7.94. The van der Waals surface area contributed by atoms with Crippen LogP contribution in [0, 0.1) is 17.2 Å². The molecule has 6 rings (SSSR count). The fourth-order valence-corrected chi connectivity index (χ4v) is 5.62. The first-order chi connectivity index (χ1) is 18.0. The van der Waals surface area contributed by atoms with E-state index in [1.807, 2.05) is 52.3 Å². The van der Waals surface area contributed by atoms with Crippen molar-refractivity contribution < 1.29 is 9.90 Å². The molecule has 1 aliphatic carbocycles. The second-order valence-corrected chi connectivity index (χ2v) is 10.4. The molecule has 2 fully saturated rings. The Morgan fingerprint density at radius 1 is 1.19 bits per heavy atom. The number of nitriles is 1. The molecule has 1 aromatic carbocycles. The number of fused-ring (bicyclic) bond motifs is 1. The summed E-state index contributed by atoms with van der Waals surface area (Å²) < 4.78 is 0. The fraction of sp³-hybridized carbons (Fsp3) is 0.379. The number of pyridine rings is 1. The predicted octanol–water partition coefficient (Wildman–Crippen LogP) is 3.77. The Kier molecular flexibility index (Phi) is 6.01. The number of anilines is 1. The van der Waals surface area contributed by atoms with E-state index in [-0.39, 0.29) is 17.9 Å². The average Bonchev–Trinajstić information content (AvgIpc) is 3.34. The number of β-amino-alcohol motifs (C(OH)–C–C–N with tert-alkyl or cyclic N) is 1. The topological polar surface area (TPSA) is 109 Å². The molecule has 1 unspecified atom stereocenters. The minimum atomic E-state index is -0.287. The van der Waals surface area contributed by atoms with Gasteiger partial charge in [-0.05, 0) is 60.9 Å². The van der Waals surface area contributed by atoms with Gasteiger partial charge in [0, 0.05) is 32.2 Å². The Morgan fingerprint density at radius 2 is 1.95 bits per heavy atom. The van der Waals surface area contributed by atoms with Gasteiger partial charge >= 0.3 is 0 Å². The van der Waals surface area contributed by atoms with Crippen molar-refractivity contribution in [1.82, 2.24) is 19.9 Å². The van der Waals surface area contributed by atoms with Gasteiger partial charge in [0.15, 0.2) is 0 Å². The molecular formula is C29H30N6O2. The lowest BCUT2D eigenvalue weighted by molar-refractivity contribution is -0.135. The fourth-order valence-electron chi connectivity index (χ4n) is 5.62. The largest absolute Gasteiger partial charge is 0.389 e. The molecule has 0 radical (unpaired) electrons. The molecule has 37 heavy (non-hydrogen) atoms. The summed E-state index contributed by atoms with van der Waals surface area (Å²) in [7, 11) is 0. The zero-order valence-corrected chi connectivity index (χ0v) is 20.9. The van der Waals surface area contributed by atoms with Crippen LogP contribution in [0.3, 0.4) is 0 Å². The first-order valence-electron chi connectivity index (χ1n) is 12.9. The quantitative estimate of drug-likeness (QED) is 0.572. The Labute approximate surface area is 215 Å². The van der Waals surface area contributed by atoms with Crippen LogP contribution < -0.4 is 4.90 Å². The van der Waals surface area contributed by atoms with Crippen molar-refractivity contribution >= 4 is 28.3 Å².